The molecule has 0 amide bonds. The van der Waals surface area contributed by atoms with Crippen LogP contribution < -0.4 is 0 Å². The largest absolute Gasteiger partial charge is 0.505 e. The SMILES string of the molecule is Cc1ncc(CN2CC(C(=O)O)C2)c(C2=[15N]C=CC2)c1O. The second-order valence-corrected chi connectivity index (χ2v) is 5.49. The number of aliphatic carboxylic acids is 1. The molecule has 3 heterocycles. The fourth-order valence-electron chi connectivity index (χ4n) is 2.70. The number of carboxylic acid groups (broad SMARTS) is 1. The van der Waals surface area contributed by atoms with E-state index in [9.17, 15) is 9.90 Å². The van der Waals surface area contributed by atoms with Gasteiger partial charge >= 0.3 is 5.97 Å². The molecule has 0 saturated carbocycles. The molecule has 1 aromatic heterocycles. The van der Waals surface area contributed by atoms with Gasteiger partial charge in [-0.2, -0.15) is 0 Å². The van der Waals surface area contributed by atoms with E-state index in [0.717, 1.165) is 16.8 Å². The van der Waals surface area contributed by atoms with Gasteiger partial charge in [0.1, 0.15) is 5.75 Å². The smallest absolute Gasteiger partial charge is 0.309 e. The molecule has 6 nitrogen and oxygen atoms in total. The fourth-order valence-corrected chi connectivity index (χ4v) is 2.70. The van der Waals surface area contributed by atoms with Gasteiger partial charge in [0.25, 0.3) is 0 Å². The molecular formula is C15H17N3O3. The first-order valence-corrected chi connectivity index (χ1v) is 6.91. The van der Waals surface area contributed by atoms with Gasteiger partial charge in [-0.1, -0.05) is 6.08 Å². The summed E-state index contributed by atoms with van der Waals surface area (Å²) in [7, 11) is 0. The lowest BCUT2D eigenvalue weighted by molar-refractivity contribution is -0.147. The molecule has 110 valence electrons. The van der Waals surface area contributed by atoms with Crippen LogP contribution in [0.1, 0.15) is 23.2 Å². The van der Waals surface area contributed by atoms with Crippen LogP contribution in [-0.4, -0.2) is 44.9 Å². The maximum atomic E-state index is 10.8. The second-order valence-electron chi connectivity index (χ2n) is 5.49. The van der Waals surface area contributed by atoms with Crippen molar-refractivity contribution in [2.45, 2.75) is 19.9 Å². The zero-order valence-electron chi connectivity index (χ0n) is 11.8. The van der Waals surface area contributed by atoms with E-state index < -0.39 is 5.97 Å². The molecule has 0 aromatic carbocycles. The zero-order valence-corrected chi connectivity index (χ0v) is 11.8. The van der Waals surface area contributed by atoms with Gasteiger partial charge < -0.3 is 10.2 Å². The molecule has 1 fully saturated rings. The number of aromatic hydroxyl groups is 1. The van der Waals surface area contributed by atoms with Crippen molar-refractivity contribution in [3.05, 3.63) is 35.3 Å². The Hall–Kier alpha value is -2.21. The van der Waals surface area contributed by atoms with Crippen molar-refractivity contribution in [2.24, 2.45) is 10.9 Å². The lowest BCUT2D eigenvalue weighted by Crippen LogP contribution is -2.49. The van der Waals surface area contributed by atoms with Crippen molar-refractivity contribution < 1.29 is 15.0 Å². The minimum atomic E-state index is -0.749. The summed E-state index contributed by atoms with van der Waals surface area (Å²) in [5.41, 5.74) is 3.05. The summed E-state index contributed by atoms with van der Waals surface area (Å²) in [6, 6.07) is 0. The first-order valence-electron chi connectivity index (χ1n) is 6.91. The third-order valence-corrected chi connectivity index (χ3v) is 3.95. The molecule has 2 aliphatic rings. The van der Waals surface area contributed by atoms with Crippen molar-refractivity contribution >= 4 is 11.7 Å². The minimum Gasteiger partial charge on any atom is -0.505 e. The Labute approximate surface area is 122 Å². The summed E-state index contributed by atoms with van der Waals surface area (Å²) in [6.45, 7) is 3.41. The van der Waals surface area contributed by atoms with E-state index in [1.807, 2.05) is 11.0 Å². The summed E-state index contributed by atoms with van der Waals surface area (Å²) in [5, 5.41) is 19.2. The predicted molar refractivity (Wildman–Crippen MR) is 77.3 cm³/mol. The van der Waals surface area contributed by atoms with Crippen LogP contribution in [-0.2, 0) is 11.3 Å². The third-order valence-electron chi connectivity index (χ3n) is 3.95. The summed E-state index contributed by atoms with van der Waals surface area (Å²) >= 11 is 0. The molecule has 1 aromatic rings. The first-order chi connectivity index (χ1) is 10.1. The Morgan fingerprint density at radius 2 is 2.24 bits per heavy atom. The van der Waals surface area contributed by atoms with E-state index in [1.54, 1.807) is 19.3 Å². The molecule has 3 rings (SSSR count). The van der Waals surface area contributed by atoms with Crippen molar-refractivity contribution in [1.29, 1.82) is 0 Å². The first kappa shape index (κ1) is 13.8. The Morgan fingerprint density at radius 1 is 1.48 bits per heavy atom. The van der Waals surface area contributed by atoms with E-state index in [-0.39, 0.29) is 11.7 Å². The van der Waals surface area contributed by atoms with E-state index in [1.165, 1.54) is 0 Å². The number of carbonyl (C=O) groups is 1. The topological polar surface area (TPSA) is 86.0 Å². The fraction of sp³-hybridized carbons (Fsp3) is 0.400. The van der Waals surface area contributed by atoms with Gasteiger partial charge in [-0.15, -0.1) is 0 Å². The Balaban J connectivity index is 1.82. The van der Waals surface area contributed by atoms with Crippen LogP contribution in [0, 0.1) is 12.8 Å². The van der Waals surface area contributed by atoms with E-state index in [2.05, 4.69) is 9.98 Å². The number of aliphatic imine (C=N–C) groups is 1. The Morgan fingerprint density at radius 3 is 2.86 bits per heavy atom. The van der Waals surface area contributed by atoms with Crippen LogP contribution in [0.25, 0.3) is 0 Å². The molecule has 0 bridgehead atoms. The molecule has 0 unspecified atom stereocenters. The van der Waals surface area contributed by atoms with Gasteiger partial charge in [0.05, 0.1) is 17.3 Å². The molecule has 6 heteroatoms. The van der Waals surface area contributed by atoms with Crippen LogP contribution in [0.4, 0.5) is 0 Å². The Kier molecular flexibility index (Phi) is 3.47. The average Bonchev–Trinajstić information content (AvgIpc) is 2.90. The highest BCUT2D eigenvalue weighted by atomic mass is 16.4. The van der Waals surface area contributed by atoms with Gasteiger partial charge in [0.15, 0.2) is 0 Å². The average molecular weight is 288 g/mol. The van der Waals surface area contributed by atoms with Gasteiger partial charge in [0, 0.05) is 44.0 Å². The molecule has 1 saturated heterocycles. The standard InChI is InChI=1S/C15H17N3O3/c1-9-14(19)13(12-3-2-4-16-12)10(5-17-9)6-18-7-11(8-18)15(20)21/h2,4-5,11,19H,3,6-8H2,1H3,(H,20,21)/i16+1. The van der Waals surface area contributed by atoms with Crippen molar-refractivity contribution in [1.82, 2.24) is 9.88 Å². The maximum Gasteiger partial charge on any atom is 0.309 e. The van der Waals surface area contributed by atoms with Gasteiger partial charge in [0.2, 0.25) is 0 Å². The van der Waals surface area contributed by atoms with Crippen LogP contribution in [0.3, 0.4) is 0 Å². The normalized spacial score (nSPS) is 18.6. The lowest BCUT2D eigenvalue weighted by Gasteiger charge is -2.37. The zero-order chi connectivity index (χ0) is 15.0. The number of nitrogens with zero attached hydrogens (tertiary/aromatic N) is 3. The number of allylic oxidation sites excluding steroid dienone is 1. The minimum absolute atomic E-state index is 0.172. The van der Waals surface area contributed by atoms with Crippen LogP contribution in [0.2, 0.25) is 0 Å². The number of aromatic nitrogens is 1. The lowest BCUT2D eigenvalue weighted by atomic mass is 9.96. The monoisotopic (exact) mass is 288 g/mol. The molecule has 0 radical (unpaired) electrons. The van der Waals surface area contributed by atoms with E-state index in [4.69, 9.17) is 5.11 Å². The van der Waals surface area contributed by atoms with Crippen LogP contribution in [0.5, 0.6) is 5.75 Å². The molecule has 2 aliphatic heterocycles. The number of pyridine rings is 1. The number of hydrogen-bond acceptors (Lipinski definition) is 5. The molecule has 0 aliphatic carbocycles. The van der Waals surface area contributed by atoms with Gasteiger partial charge in [-0.3, -0.25) is 19.7 Å². The highest BCUT2D eigenvalue weighted by Crippen LogP contribution is 2.29. The number of hydrogen-bond donors (Lipinski definition) is 2. The molecular weight excluding hydrogens is 271 g/mol. The van der Waals surface area contributed by atoms with E-state index >= 15 is 0 Å². The van der Waals surface area contributed by atoms with Crippen molar-refractivity contribution in [3.63, 3.8) is 0 Å². The second kappa shape index (κ2) is 5.29. The van der Waals surface area contributed by atoms with Gasteiger partial charge in [-0.05, 0) is 12.5 Å². The maximum absolute atomic E-state index is 10.8. The summed E-state index contributed by atoms with van der Waals surface area (Å²) < 4.78 is 0. The molecule has 0 atom stereocenters. The third kappa shape index (κ3) is 2.54. The predicted octanol–water partition coefficient (Wildman–Crippen LogP) is 1.32. The van der Waals surface area contributed by atoms with Crippen molar-refractivity contribution in [2.75, 3.05) is 13.1 Å². The Bertz CT molecular complexity index is 646. The van der Waals surface area contributed by atoms with Crippen LogP contribution >= 0.6 is 0 Å². The highest BCUT2D eigenvalue weighted by molar-refractivity contribution is 6.06. The number of rotatable bonds is 4. The van der Waals surface area contributed by atoms with Crippen LogP contribution in [0.15, 0.2) is 23.5 Å². The number of carboxylic acids is 1. The van der Waals surface area contributed by atoms with Gasteiger partial charge in [-0.25, -0.2) is 0 Å². The number of likely N-dealkylation sites (tertiary alicyclic amines) is 1. The quantitative estimate of drug-likeness (QED) is 0.816. The summed E-state index contributed by atoms with van der Waals surface area (Å²) in [4.78, 5) is 21.4. The molecule has 0 spiro atoms. The molecule has 21 heavy (non-hydrogen) atoms. The number of aryl methyl sites for hydroxylation is 1. The highest BCUT2D eigenvalue weighted by Gasteiger charge is 2.33. The summed E-state index contributed by atoms with van der Waals surface area (Å²) in [6.07, 6.45) is 6.12. The van der Waals surface area contributed by atoms with E-state index in [0.29, 0.717) is 31.7 Å². The molecule has 2 N–H and O–H groups in total. The summed E-state index contributed by atoms with van der Waals surface area (Å²) in [5.74, 6) is -0.864. The van der Waals surface area contributed by atoms with Crippen molar-refractivity contribution in [3.8, 4) is 5.75 Å².